The van der Waals surface area contributed by atoms with E-state index in [2.05, 4.69) is 9.98 Å². The first-order valence-corrected chi connectivity index (χ1v) is 5.62. The van der Waals surface area contributed by atoms with Gasteiger partial charge in [0.1, 0.15) is 5.84 Å². The van der Waals surface area contributed by atoms with Crippen LogP contribution < -0.4 is 5.73 Å². The Bertz CT molecular complexity index is 594. The Morgan fingerprint density at radius 3 is 2.58 bits per heavy atom. The van der Waals surface area contributed by atoms with Gasteiger partial charge in [0.2, 0.25) is 0 Å². The van der Waals surface area contributed by atoms with Crippen molar-refractivity contribution in [2.24, 2.45) is 10.7 Å². The summed E-state index contributed by atoms with van der Waals surface area (Å²) in [6, 6.07) is 11.6. The number of rotatable bonds is 4. The summed E-state index contributed by atoms with van der Waals surface area (Å²) in [5.41, 5.74) is 6.73. The Balaban J connectivity index is 2.08. The number of nitro groups is 1. The zero-order chi connectivity index (χ0) is 13.7. The molecule has 0 fully saturated rings. The van der Waals surface area contributed by atoms with E-state index in [-0.39, 0.29) is 5.69 Å². The Labute approximate surface area is 109 Å². The van der Waals surface area contributed by atoms with Gasteiger partial charge in [-0.3, -0.25) is 10.1 Å². The van der Waals surface area contributed by atoms with Crippen molar-refractivity contribution in [2.75, 3.05) is 0 Å². The third-order valence-electron chi connectivity index (χ3n) is 2.44. The minimum Gasteiger partial charge on any atom is -0.387 e. The fourth-order valence-electron chi connectivity index (χ4n) is 1.55. The van der Waals surface area contributed by atoms with E-state index >= 15 is 0 Å². The van der Waals surface area contributed by atoms with Crippen LogP contribution in [0.2, 0.25) is 0 Å². The fraction of sp³-hybridized carbons (Fsp3) is 0.0769. The third kappa shape index (κ3) is 3.60. The lowest BCUT2D eigenvalue weighted by molar-refractivity contribution is -0.384. The van der Waals surface area contributed by atoms with Crippen molar-refractivity contribution in [1.82, 2.24) is 4.98 Å². The summed E-state index contributed by atoms with van der Waals surface area (Å²) in [6.07, 6.45) is 2.06. The SMILES string of the molecule is N/C(Cc1ccc([N+](=O)[O-])cc1)=N\c1ccccn1. The average Bonchev–Trinajstić information content (AvgIpc) is 2.40. The second kappa shape index (κ2) is 5.72. The van der Waals surface area contributed by atoms with Gasteiger partial charge in [0.25, 0.3) is 5.69 Å². The van der Waals surface area contributed by atoms with Gasteiger partial charge in [-0.25, -0.2) is 9.98 Å². The van der Waals surface area contributed by atoms with Gasteiger partial charge >= 0.3 is 0 Å². The molecule has 19 heavy (non-hydrogen) atoms. The van der Waals surface area contributed by atoms with Gasteiger partial charge in [-0.2, -0.15) is 0 Å². The zero-order valence-corrected chi connectivity index (χ0v) is 10.1. The largest absolute Gasteiger partial charge is 0.387 e. The number of hydrogen-bond acceptors (Lipinski definition) is 4. The Morgan fingerprint density at radius 1 is 1.26 bits per heavy atom. The van der Waals surface area contributed by atoms with Crippen LogP contribution in [0.1, 0.15) is 5.56 Å². The number of nitro benzene ring substituents is 1. The second-order valence-electron chi connectivity index (χ2n) is 3.89. The molecule has 0 bridgehead atoms. The molecule has 96 valence electrons. The Kier molecular flexibility index (Phi) is 3.82. The van der Waals surface area contributed by atoms with Crippen LogP contribution in [0.5, 0.6) is 0 Å². The number of hydrogen-bond donors (Lipinski definition) is 1. The molecule has 2 N–H and O–H groups in total. The maximum Gasteiger partial charge on any atom is 0.269 e. The van der Waals surface area contributed by atoms with Crippen LogP contribution in [0.25, 0.3) is 0 Å². The molecule has 6 heteroatoms. The summed E-state index contributed by atoms with van der Waals surface area (Å²) >= 11 is 0. The lowest BCUT2D eigenvalue weighted by atomic mass is 10.1. The van der Waals surface area contributed by atoms with Crippen LogP contribution >= 0.6 is 0 Å². The van der Waals surface area contributed by atoms with E-state index in [1.807, 2.05) is 6.07 Å². The van der Waals surface area contributed by atoms with E-state index in [0.29, 0.717) is 18.1 Å². The highest BCUT2D eigenvalue weighted by molar-refractivity contribution is 5.84. The highest BCUT2D eigenvalue weighted by Gasteiger charge is 2.04. The summed E-state index contributed by atoms with van der Waals surface area (Å²) in [6.45, 7) is 0. The van der Waals surface area contributed by atoms with E-state index < -0.39 is 4.92 Å². The van der Waals surface area contributed by atoms with Gasteiger partial charge in [-0.15, -0.1) is 0 Å². The van der Waals surface area contributed by atoms with Crippen molar-refractivity contribution < 1.29 is 4.92 Å². The van der Waals surface area contributed by atoms with E-state index in [1.54, 1.807) is 30.5 Å². The maximum atomic E-state index is 10.5. The molecule has 0 spiro atoms. The Hall–Kier alpha value is -2.76. The highest BCUT2D eigenvalue weighted by atomic mass is 16.6. The highest BCUT2D eigenvalue weighted by Crippen LogP contribution is 2.13. The maximum absolute atomic E-state index is 10.5. The van der Waals surface area contributed by atoms with E-state index in [4.69, 9.17) is 5.73 Å². The van der Waals surface area contributed by atoms with Gasteiger partial charge in [0.05, 0.1) is 4.92 Å². The number of nitrogens with zero attached hydrogens (tertiary/aromatic N) is 3. The monoisotopic (exact) mass is 256 g/mol. The van der Waals surface area contributed by atoms with Crippen molar-refractivity contribution in [2.45, 2.75) is 6.42 Å². The molecule has 0 aliphatic rings. The smallest absolute Gasteiger partial charge is 0.269 e. The lowest BCUT2D eigenvalue weighted by Gasteiger charge is -2.01. The van der Waals surface area contributed by atoms with Crippen molar-refractivity contribution >= 4 is 17.3 Å². The van der Waals surface area contributed by atoms with Crippen LogP contribution in [0, 0.1) is 10.1 Å². The quantitative estimate of drug-likeness (QED) is 0.392. The molecule has 1 aromatic carbocycles. The number of aromatic nitrogens is 1. The standard InChI is InChI=1S/C13H12N4O2/c14-12(16-13-3-1-2-8-15-13)9-10-4-6-11(7-5-10)17(18)19/h1-8H,9H2,(H2,14,15,16). The summed E-state index contributed by atoms with van der Waals surface area (Å²) in [7, 11) is 0. The van der Waals surface area contributed by atoms with Gasteiger partial charge in [0.15, 0.2) is 5.82 Å². The lowest BCUT2D eigenvalue weighted by Crippen LogP contribution is -2.14. The molecular weight excluding hydrogens is 244 g/mol. The van der Waals surface area contributed by atoms with Crippen molar-refractivity contribution in [1.29, 1.82) is 0 Å². The molecule has 2 aromatic rings. The number of pyridine rings is 1. The summed E-state index contributed by atoms with van der Waals surface area (Å²) in [4.78, 5) is 18.3. The van der Waals surface area contributed by atoms with Crippen LogP contribution in [0.4, 0.5) is 11.5 Å². The van der Waals surface area contributed by atoms with Crippen molar-refractivity contribution in [3.63, 3.8) is 0 Å². The van der Waals surface area contributed by atoms with E-state index in [0.717, 1.165) is 5.56 Å². The predicted octanol–water partition coefficient (Wildman–Crippen LogP) is 2.22. The van der Waals surface area contributed by atoms with E-state index in [1.165, 1.54) is 12.1 Å². The minimum atomic E-state index is -0.435. The molecule has 0 aliphatic heterocycles. The second-order valence-corrected chi connectivity index (χ2v) is 3.89. The first kappa shape index (κ1) is 12.7. The fourth-order valence-corrected chi connectivity index (χ4v) is 1.55. The normalized spacial score (nSPS) is 11.3. The van der Waals surface area contributed by atoms with Crippen molar-refractivity contribution in [3.8, 4) is 0 Å². The van der Waals surface area contributed by atoms with Crippen molar-refractivity contribution in [3.05, 3.63) is 64.3 Å². The molecular formula is C13H12N4O2. The number of benzene rings is 1. The van der Waals surface area contributed by atoms with Crippen LogP contribution in [-0.2, 0) is 6.42 Å². The minimum absolute atomic E-state index is 0.0592. The van der Waals surface area contributed by atoms with Crippen LogP contribution in [0.15, 0.2) is 53.7 Å². The molecule has 0 saturated carbocycles. The summed E-state index contributed by atoms with van der Waals surface area (Å²) in [5, 5.41) is 10.5. The summed E-state index contributed by atoms with van der Waals surface area (Å²) in [5.74, 6) is 0.953. The average molecular weight is 256 g/mol. The molecule has 0 saturated heterocycles. The molecule has 0 atom stereocenters. The number of nitrogens with two attached hydrogens (primary N) is 1. The first-order valence-electron chi connectivity index (χ1n) is 5.62. The van der Waals surface area contributed by atoms with E-state index in [9.17, 15) is 10.1 Å². The molecule has 1 heterocycles. The van der Waals surface area contributed by atoms with Crippen LogP contribution in [0.3, 0.4) is 0 Å². The van der Waals surface area contributed by atoms with Gasteiger partial charge in [-0.05, 0) is 17.7 Å². The summed E-state index contributed by atoms with van der Waals surface area (Å²) < 4.78 is 0. The molecule has 0 amide bonds. The first-order chi connectivity index (χ1) is 9.15. The molecule has 0 radical (unpaired) electrons. The molecule has 0 unspecified atom stereocenters. The number of amidine groups is 1. The Morgan fingerprint density at radius 2 is 2.00 bits per heavy atom. The molecule has 2 rings (SSSR count). The topological polar surface area (TPSA) is 94.4 Å². The van der Waals surface area contributed by atoms with Gasteiger partial charge in [0, 0.05) is 24.8 Å². The number of aliphatic imine (C=N–C) groups is 1. The predicted molar refractivity (Wildman–Crippen MR) is 72.3 cm³/mol. The third-order valence-corrected chi connectivity index (χ3v) is 2.44. The van der Waals surface area contributed by atoms with Gasteiger partial charge in [-0.1, -0.05) is 18.2 Å². The molecule has 0 aliphatic carbocycles. The molecule has 6 nitrogen and oxygen atoms in total. The number of non-ortho nitro benzene ring substituents is 1. The molecule has 1 aromatic heterocycles. The van der Waals surface area contributed by atoms with Gasteiger partial charge < -0.3 is 5.73 Å². The van der Waals surface area contributed by atoms with Crippen LogP contribution in [-0.4, -0.2) is 15.7 Å². The zero-order valence-electron chi connectivity index (χ0n) is 10.1.